The number of rotatable bonds is 4. The highest BCUT2D eigenvalue weighted by atomic mass is 19.1. The van der Waals surface area contributed by atoms with Crippen molar-refractivity contribution < 1.29 is 14.3 Å². The normalized spacial score (nSPS) is 11.2. The summed E-state index contributed by atoms with van der Waals surface area (Å²) in [6.45, 7) is 0. The van der Waals surface area contributed by atoms with Crippen molar-refractivity contribution in [3.8, 4) is 17.2 Å². The average Bonchev–Trinajstić information content (AvgIpc) is 3.22. The van der Waals surface area contributed by atoms with Gasteiger partial charge in [0, 0.05) is 61.6 Å². The van der Waals surface area contributed by atoms with Gasteiger partial charge in [0.05, 0.1) is 27.8 Å². The van der Waals surface area contributed by atoms with E-state index in [1.54, 1.807) is 37.6 Å². The van der Waals surface area contributed by atoms with Crippen molar-refractivity contribution >= 4 is 44.8 Å². The Kier molecular flexibility index (Phi) is 4.91. The van der Waals surface area contributed by atoms with Gasteiger partial charge >= 0.3 is 5.97 Å². The van der Waals surface area contributed by atoms with Crippen LogP contribution in [0, 0.1) is 17.1 Å². The third-order valence-electron chi connectivity index (χ3n) is 6.04. The molecule has 35 heavy (non-hydrogen) atoms. The Labute approximate surface area is 197 Å². The molecule has 0 aliphatic heterocycles. The summed E-state index contributed by atoms with van der Waals surface area (Å²) >= 11 is 0. The number of hydrogen-bond acceptors (Lipinski definition) is 6. The number of halogens is 1. The summed E-state index contributed by atoms with van der Waals surface area (Å²) in [5.74, 6) is -1.96. The van der Waals surface area contributed by atoms with Crippen molar-refractivity contribution in [2.24, 2.45) is 0 Å². The summed E-state index contributed by atoms with van der Waals surface area (Å²) < 4.78 is 16.1. The van der Waals surface area contributed by atoms with E-state index in [4.69, 9.17) is 0 Å². The predicted molar refractivity (Wildman–Crippen MR) is 132 cm³/mol. The number of H-pyrrole nitrogens is 1. The van der Waals surface area contributed by atoms with Gasteiger partial charge in [-0.1, -0.05) is 6.07 Å². The Morgan fingerprint density at radius 1 is 1.26 bits per heavy atom. The number of aromatic nitrogens is 3. The SMILES string of the molecule is CNc1cc(F)c(C#N)c2c1[nH]c1ncc(-c3ccc4ccc(C(=O)O)c(=O)n4c3)c(N(C)C)c12. The predicted octanol–water partition coefficient (Wildman–Crippen LogP) is 3.81. The molecule has 0 amide bonds. The largest absolute Gasteiger partial charge is 0.477 e. The Hall–Kier alpha value is -4.91. The molecular formula is C25H19FN6O3. The number of nitrogens with zero attached hydrogens (tertiary/aromatic N) is 4. The van der Waals surface area contributed by atoms with Crippen LogP contribution in [0.25, 0.3) is 38.6 Å². The van der Waals surface area contributed by atoms with E-state index in [0.717, 1.165) is 0 Å². The lowest BCUT2D eigenvalue weighted by Gasteiger charge is -2.19. The maximum absolute atomic E-state index is 14.9. The van der Waals surface area contributed by atoms with E-state index in [0.29, 0.717) is 50.0 Å². The van der Waals surface area contributed by atoms with Gasteiger partial charge in [-0.2, -0.15) is 5.26 Å². The summed E-state index contributed by atoms with van der Waals surface area (Å²) in [7, 11) is 5.30. The van der Waals surface area contributed by atoms with Crippen LogP contribution >= 0.6 is 0 Å². The molecule has 0 saturated carbocycles. The Morgan fingerprint density at radius 2 is 2.00 bits per heavy atom. The zero-order chi connectivity index (χ0) is 25.0. The molecule has 4 heterocycles. The fourth-order valence-corrected chi connectivity index (χ4v) is 4.48. The number of fused-ring (bicyclic) bond motifs is 4. The second kappa shape index (κ2) is 7.85. The number of carbonyl (C=O) groups is 1. The standard InChI is InChI=1S/C25H19FN6O3/c1-28-18-8-17(26)15(9-27)19-20-22(31(2)3)16(10-29-23(20)30-21(18)19)12-4-5-13-6-7-14(25(34)35)24(33)32(13)11-12/h4-8,10-11,28H,1-3H3,(H,29,30)(H,34,35). The first-order chi connectivity index (χ1) is 16.8. The molecule has 0 aliphatic rings. The van der Waals surface area contributed by atoms with Gasteiger partial charge < -0.3 is 20.3 Å². The average molecular weight is 470 g/mol. The van der Waals surface area contributed by atoms with E-state index < -0.39 is 17.3 Å². The van der Waals surface area contributed by atoms with Crippen molar-refractivity contribution in [3.63, 3.8) is 0 Å². The molecule has 174 valence electrons. The van der Waals surface area contributed by atoms with Crippen LogP contribution in [-0.2, 0) is 0 Å². The highest BCUT2D eigenvalue weighted by molar-refractivity contribution is 6.19. The monoisotopic (exact) mass is 470 g/mol. The number of pyridine rings is 3. The maximum Gasteiger partial charge on any atom is 0.341 e. The molecule has 3 N–H and O–H groups in total. The maximum atomic E-state index is 14.9. The van der Waals surface area contributed by atoms with Crippen molar-refractivity contribution in [1.29, 1.82) is 5.26 Å². The van der Waals surface area contributed by atoms with Crippen LogP contribution in [0.5, 0.6) is 0 Å². The smallest absolute Gasteiger partial charge is 0.341 e. The van der Waals surface area contributed by atoms with E-state index in [1.165, 1.54) is 16.5 Å². The molecule has 0 bridgehead atoms. The number of benzene rings is 1. The van der Waals surface area contributed by atoms with E-state index in [-0.39, 0.29) is 11.1 Å². The third kappa shape index (κ3) is 3.17. The van der Waals surface area contributed by atoms with E-state index in [9.17, 15) is 24.3 Å². The minimum Gasteiger partial charge on any atom is -0.477 e. The highest BCUT2D eigenvalue weighted by Gasteiger charge is 2.23. The Balaban J connectivity index is 1.91. The molecule has 10 heteroatoms. The summed E-state index contributed by atoms with van der Waals surface area (Å²) in [5.41, 5.74) is 2.81. The van der Waals surface area contributed by atoms with E-state index in [1.807, 2.05) is 25.1 Å². The second-order valence-corrected chi connectivity index (χ2v) is 8.23. The third-order valence-corrected chi connectivity index (χ3v) is 6.04. The van der Waals surface area contributed by atoms with Crippen LogP contribution in [0.1, 0.15) is 15.9 Å². The van der Waals surface area contributed by atoms with Gasteiger partial charge in [0.25, 0.3) is 5.56 Å². The van der Waals surface area contributed by atoms with Gasteiger partial charge in [-0.05, 0) is 18.2 Å². The van der Waals surface area contributed by atoms with Crippen LogP contribution < -0.4 is 15.8 Å². The van der Waals surface area contributed by atoms with E-state index >= 15 is 0 Å². The molecular weight excluding hydrogens is 451 g/mol. The van der Waals surface area contributed by atoms with Crippen molar-refractivity contribution in [2.45, 2.75) is 0 Å². The first-order valence-corrected chi connectivity index (χ1v) is 10.6. The molecule has 0 aliphatic carbocycles. The van der Waals surface area contributed by atoms with E-state index in [2.05, 4.69) is 15.3 Å². The number of hydrogen-bond donors (Lipinski definition) is 3. The minimum atomic E-state index is -1.31. The number of nitrogens with one attached hydrogen (secondary N) is 2. The lowest BCUT2D eigenvalue weighted by molar-refractivity contribution is 0.0694. The number of aromatic amines is 1. The van der Waals surface area contributed by atoms with Crippen LogP contribution in [0.15, 0.2) is 47.5 Å². The summed E-state index contributed by atoms with van der Waals surface area (Å²) in [6.07, 6.45) is 3.18. The Morgan fingerprint density at radius 3 is 2.66 bits per heavy atom. The lowest BCUT2D eigenvalue weighted by Crippen LogP contribution is -2.21. The first kappa shape index (κ1) is 21.9. The van der Waals surface area contributed by atoms with Crippen LogP contribution in [0.2, 0.25) is 0 Å². The topological polar surface area (TPSA) is 127 Å². The number of carboxylic acid groups (broad SMARTS) is 1. The lowest BCUT2D eigenvalue weighted by atomic mass is 10.00. The first-order valence-electron chi connectivity index (χ1n) is 10.6. The number of carboxylic acids is 1. The Bertz CT molecular complexity index is 1800. The molecule has 0 spiro atoms. The molecule has 1 aromatic carbocycles. The van der Waals surface area contributed by atoms with Gasteiger partial charge in [0.1, 0.15) is 23.1 Å². The molecule has 0 unspecified atom stereocenters. The highest BCUT2D eigenvalue weighted by Crippen LogP contribution is 2.42. The molecule has 4 aromatic heterocycles. The van der Waals surface area contributed by atoms with Gasteiger partial charge in [0.15, 0.2) is 0 Å². The zero-order valence-electron chi connectivity index (χ0n) is 19.0. The molecule has 0 atom stereocenters. The van der Waals surface area contributed by atoms with Crippen LogP contribution in [0.3, 0.4) is 0 Å². The van der Waals surface area contributed by atoms with Crippen LogP contribution in [0.4, 0.5) is 15.8 Å². The van der Waals surface area contributed by atoms with Gasteiger partial charge in [0.2, 0.25) is 0 Å². The number of anilines is 2. The summed E-state index contributed by atoms with van der Waals surface area (Å²) in [5, 5.41) is 23.0. The minimum absolute atomic E-state index is 0.104. The zero-order valence-corrected chi connectivity index (χ0v) is 19.0. The second-order valence-electron chi connectivity index (χ2n) is 8.23. The van der Waals surface area contributed by atoms with Crippen LogP contribution in [-0.4, -0.2) is 46.6 Å². The fourth-order valence-electron chi connectivity index (χ4n) is 4.48. The number of aromatic carboxylic acids is 1. The number of nitriles is 1. The molecule has 0 fully saturated rings. The van der Waals surface area contributed by atoms with Crippen molar-refractivity contribution in [2.75, 3.05) is 31.4 Å². The fraction of sp³-hybridized carbons (Fsp3) is 0.120. The molecule has 9 nitrogen and oxygen atoms in total. The summed E-state index contributed by atoms with van der Waals surface area (Å²) in [6, 6.07) is 9.58. The van der Waals surface area contributed by atoms with Gasteiger partial charge in [-0.3, -0.25) is 9.20 Å². The molecule has 5 rings (SSSR count). The van der Waals surface area contributed by atoms with Crippen molar-refractivity contribution in [3.05, 3.63) is 70.0 Å². The van der Waals surface area contributed by atoms with Gasteiger partial charge in [-0.25, -0.2) is 14.2 Å². The quantitative estimate of drug-likeness (QED) is 0.365. The molecule has 0 radical (unpaired) electrons. The molecule has 0 saturated heterocycles. The molecule has 5 aromatic rings. The van der Waals surface area contributed by atoms with Gasteiger partial charge in [-0.15, -0.1) is 0 Å². The summed E-state index contributed by atoms with van der Waals surface area (Å²) in [4.78, 5) is 33.8. The van der Waals surface area contributed by atoms with Crippen molar-refractivity contribution in [1.82, 2.24) is 14.4 Å².